The van der Waals surface area contributed by atoms with Crippen molar-refractivity contribution in [2.75, 3.05) is 58.8 Å². The molecule has 2 N–H and O–H groups in total. The van der Waals surface area contributed by atoms with Crippen LogP contribution in [0.15, 0.2) is 36.4 Å². The lowest BCUT2D eigenvalue weighted by Crippen LogP contribution is -2.43. The largest absolute Gasteiger partial charge is 0.497 e. The second kappa shape index (κ2) is 12.5. The van der Waals surface area contributed by atoms with Crippen LogP contribution in [-0.4, -0.2) is 74.3 Å². The molecule has 34 heavy (non-hydrogen) atoms. The fourth-order valence-corrected chi connectivity index (χ4v) is 4.09. The van der Waals surface area contributed by atoms with E-state index in [1.807, 2.05) is 23.1 Å². The first kappa shape index (κ1) is 25.6. The van der Waals surface area contributed by atoms with Gasteiger partial charge in [-0.3, -0.25) is 9.69 Å². The molecule has 1 aliphatic rings. The summed E-state index contributed by atoms with van der Waals surface area (Å²) in [6.45, 7) is 3.59. The third kappa shape index (κ3) is 7.26. The molecule has 0 radical (unpaired) electrons. The Bertz CT molecular complexity index is 1010. The second-order valence-corrected chi connectivity index (χ2v) is 8.34. The van der Waals surface area contributed by atoms with Crippen LogP contribution in [0.1, 0.15) is 12.0 Å². The van der Waals surface area contributed by atoms with Crippen molar-refractivity contribution in [2.24, 2.45) is 0 Å². The topological polar surface area (TPSA) is 66.1 Å². The van der Waals surface area contributed by atoms with Crippen molar-refractivity contribution in [1.82, 2.24) is 15.1 Å². The van der Waals surface area contributed by atoms with E-state index in [-0.39, 0.29) is 18.1 Å². The van der Waals surface area contributed by atoms with Crippen LogP contribution in [0.5, 0.6) is 11.5 Å². The summed E-state index contributed by atoms with van der Waals surface area (Å²) in [4.78, 5) is 16.4. The van der Waals surface area contributed by atoms with E-state index in [1.54, 1.807) is 14.2 Å². The number of methoxy groups -OCH3 is 2. The van der Waals surface area contributed by atoms with Gasteiger partial charge < -0.3 is 25.0 Å². The number of thiocarbonyl (C=S) groups is 1. The van der Waals surface area contributed by atoms with E-state index >= 15 is 0 Å². The Balaban J connectivity index is 1.44. The molecule has 0 aliphatic carbocycles. The van der Waals surface area contributed by atoms with E-state index in [4.69, 9.17) is 21.7 Å². The predicted octanol–water partition coefficient (Wildman–Crippen LogP) is 3.05. The second-order valence-electron chi connectivity index (χ2n) is 7.95. The Morgan fingerprint density at radius 3 is 2.62 bits per heavy atom. The Morgan fingerprint density at radius 2 is 1.88 bits per heavy atom. The molecule has 1 aliphatic heterocycles. The average Bonchev–Trinajstić information content (AvgIpc) is 3.06. The third-order valence-electron chi connectivity index (χ3n) is 5.61. The lowest BCUT2D eigenvalue weighted by atomic mass is 10.1. The molecule has 0 unspecified atom stereocenters. The number of ether oxygens (including phenoxy) is 2. The Kier molecular flexibility index (Phi) is 9.41. The number of carbonyl (C=O) groups excluding carboxylic acids is 1. The maximum atomic E-state index is 13.8. The first-order chi connectivity index (χ1) is 16.4. The number of rotatable bonds is 8. The molecule has 0 spiro atoms. The summed E-state index contributed by atoms with van der Waals surface area (Å²) in [7, 11) is 3.27. The van der Waals surface area contributed by atoms with Crippen LogP contribution < -0.4 is 20.1 Å². The average molecular weight is 493 g/mol. The van der Waals surface area contributed by atoms with Crippen LogP contribution in [0.25, 0.3) is 0 Å². The minimum atomic E-state index is -0.793. The molecule has 10 heteroatoms. The summed E-state index contributed by atoms with van der Waals surface area (Å²) in [5.41, 5.74) is 1.00. The number of halogens is 2. The van der Waals surface area contributed by atoms with Crippen molar-refractivity contribution in [3.05, 3.63) is 53.6 Å². The van der Waals surface area contributed by atoms with Gasteiger partial charge in [-0.15, -0.1) is 0 Å². The lowest BCUT2D eigenvalue weighted by molar-refractivity contribution is -0.117. The van der Waals surface area contributed by atoms with E-state index < -0.39 is 11.6 Å². The Hall–Kier alpha value is -2.98. The Morgan fingerprint density at radius 1 is 1.06 bits per heavy atom. The Labute approximate surface area is 204 Å². The van der Waals surface area contributed by atoms with Gasteiger partial charge in [0.1, 0.15) is 23.1 Å². The molecule has 1 fully saturated rings. The van der Waals surface area contributed by atoms with E-state index in [0.717, 1.165) is 55.1 Å². The highest BCUT2D eigenvalue weighted by Crippen LogP contribution is 2.24. The van der Waals surface area contributed by atoms with Crippen LogP contribution in [0.2, 0.25) is 0 Å². The standard InChI is InChI=1S/C24H30F2N4O3S/c1-32-19-5-7-22(33-2)17(14-19)8-9-27-24(34)30-11-3-10-29(12-13-30)16-23(31)28-21-6-4-18(25)15-20(21)26/h4-7,14-15H,3,8-13,16H2,1-2H3,(H,27,34)(H,28,31). The van der Waals surface area contributed by atoms with Crippen molar-refractivity contribution in [3.8, 4) is 11.5 Å². The molecule has 3 rings (SSSR count). The van der Waals surface area contributed by atoms with Gasteiger partial charge in [0.2, 0.25) is 5.91 Å². The van der Waals surface area contributed by atoms with Crippen LogP contribution in [-0.2, 0) is 11.2 Å². The quantitative estimate of drug-likeness (QED) is 0.549. The number of nitrogens with zero attached hydrogens (tertiary/aromatic N) is 2. The number of amides is 1. The van der Waals surface area contributed by atoms with E-state index in [2.05, 4.69) is 15.5 Å². The number of nitrogens with one attached hydrogen (secondary N) is 2. The highest BCUT2D eigenvalue weighted by atomic mass is 32.1. The van der Waals surface area contributed by atoms with Crippen LogP contribution in [0, 0.1) is 11.6 Å². The molecule has 0 aromatic heterocycles. The van der Waals surface area contributed by atoms with E-state index in [1.165, 1.54) is 6.07 Å². The molecule has 1 amide bonds. The fourth-order valence-electron chi connectivity index (χ4n) is 3.81. The zero-order valence-corrected chi connectivity index (χ0v) is 20.2. The van der Waals surface area contributed by atoms with Crippen LogP contribution >= 0.6 is 12.2 Å². The zero-order valence-electron chi connectivity index (χ0n) is 19.4. The molecule has 0 atom stereocenters. The summed E-state index contributed by atoms with van der Waals surface area (Å²) in [5, 5.41) is 6.48. The molecular weight excluding hydrogens is 462 g/mol. The van der Waals surface area contributed by atoms with Gasteiger partial charge in [0, 0.05) is 38.8 Å². The lowest BCUT2D eigenvalue weighted by Gasteiger charge is -2.24. The molecule has 7 nitrogen and oxygen atoms in total. The minimum absolute atomic E-state index is 0.0270. The number of anilines is 1. The van der Waals surface area contributed by atoms with E-state index in [0.29, 0.717) is 24.7 Å². The van der Waals surface area contributed by atoms with E-state index in [9.17, 15) is 13.6 Å². The van der Waals surface area contributed by atoms with Crippen molar-refractivity contribution in [1.29, 1.82) is 0 Å². The number of hydrogen-bond donors (Lipinski definition) is 2. The first-order valence-corrected chi connectivity index (χ1v) is 11.5. The van der Waals surface area contributed by atoms with Crippen molar-refractivity contribution in [2.45, 2.75) is 12.8 Å². The van der Waals surface area contributed by atoms with Gasteiger partial charge in [-0.2, -0.15) is 0 Å². The van der Waals surface area contributed by atoms with Gasteiger partial charge >= 0.3 is 0 Å². The molecule has 2 aromatic rings. The maximum absolute atomic E-state index is 13.8. The summed E-state index contributed by atoms with van der Waals surface area (Å²) in [6.07, 6.45) is 1.56. The first-order valence-electron chi connectivity index (χ1n) is 11.1. The molecular formula is C24H30F2N4O3S. The van der Waals surface area contributed by atoms with Crippen LogP contribution in [0.3, 0.4) is 0 Å². The van der Waals surface area contributed by atoms with Gasteiger partial charge in [0.15, 0.2) is 5.11 Å². The SMILES string of the molecule is COc1ccc(OC)c(CCNC(=S)N2CCCN(CC(=O)Nc3ccc(F)cc3F)CC2)c1. The monoisotopic (exact) mass is 492 g/mol. The molecule has 1 saturated heterocycles. The summed E-state index contributed by atoms with van der Waals surface area (Å²) < 4.78 is 37.5. The van der Waals surface area contributed by atoms with Gasteiger partial charge in [-0.1, -0.05) is 0 Å². The summed E-state index contributed by atoms with van der Waals surface area (Å²) in [5.74, 6) is -0.240. The van der Waals surface area contributed by atoms with Crippen molar-refractivity contribution in [3.63, 3.8) is 0 Å². The summed E-state index contributed by atoms with van der Waals surface area (Å²) in [6, 6.07) is 8.78. The fraction of sp³-hybridized carbons (Fsp3) is 0.417. The number of benzene rings is 2. The molecule has 0 saturated carbocycles. The molecule has 1 heterocycles. The number of hydrogen-bond acceptors (Lipinski definition) is 5. The highest BCUT2D eigenvalue weighted by molar-refractivity contribution is 7.80. The molecule has 0 bridgehead atoms. The number of carbonyl (C=O) groups is 1. The van der Waals surface area contributed by atoms with Crippen molar-refractivity contribution >= 4 is 28.9 Å². The third-order valence-corrected chi connectivity index (χ3v) is 6.01. The molecule has 184 valence electrons. The van der Waals surface area contributed by atoms with Gasteiger partial charge in [0.25, 0.3) is 0 Å². The normalized spacial score (nSPS) is 14.3. The highest BCUT2D eigenvalue weighted by Gasteiger charge is 2.19. The minimum Gasteiger partial charge on any atom is -0.497 e. The smallest absolute Gasteiger partial charge is 0.238 e. The van der Waals surface area contributed by atoms with Gasteiger partial charge in [0.05, 0.1) is 26.5 Å². The van der Waals surface area contributed by atoms with Crippen molar-refractivity contribution < 1.29 is 23.0 Å². The van der Waals surface area contributed by atoms with Gasteiger partial charge in [-0.25, -0.2) is 8.78 Å². The van der Waals surface area contributed by atoms with Crippen LogP contribution in [0.4, 0.5) is 14.5 Å². The maximum Gasteiger partial charge on any atom is 0.238 e. The predicted molar refractivity (Wildman–Crippen MR) is 131 cm³/mol. The summed E-state index contributed by atoms with van der Waals surface area (Å²) >= 11 is 5.59. The van der Waals surface area contributed by atoms with Gasteiger partial charge in [-0.05, 0) is 61.0 Å². The zero-order chi connectivity index (χ0) is 24.5. The molecule has 2 aromatic carbocycles.